The highest BCUT2D eigenvalue weighted by atomic mass is 35.5. The second kappa shape index (κ2) is 5.39. The molecule has 0 aromatic heterocycles. The molecule has 0 amide bonds. The molecule has 1 saturated carbocycles. The average Bonchev–Trinajstić information content (AvgIpc) is 2.79. The molecule has 0 heterocycles. The van der Waals surface area contributed by atoms with Gasteiger partial charge in [0.25, 0.3) is 0 Å². The Balaban J connectivity index is 2.31. The van der Waals surface area contributed by atoms with E-state index < -0.39 is 10.8 Å². The van der Waals surface area contributed by atoms with Crippen LogP contribution in [0, 0.1) is 17.2 Å². The maximum absolute atomic E-state index is 12.4. The first-order valence-corrected chi connectivity index (χ1v) is 7.35. The van der Waals surface area contributed by atoms with Crippen molar-refractivity contribution in [3.8, 4) is 6.07 Å². The van der Waals surface area contributed by atoms with Crippen LogP contribution in [-0.4, -0.2) is 9.46 Å². The second-order valence-electron chi connectivity index (χ2n) is 4.08. The summed E-state index contributed by atoms with van der Waals surface area (Å²) in [6.45, 7) is 0. The van der Waals surface area contributed by atoms with Crippen molar-refractivity contribution in [1.82, 2.24) is 0 Å². The average molecular weight is 288 g/mol. The zero-order valence-electron chi connectivity index (χ0n) is 9.03. The zero-order chi connectivity index (χ0) is 12.4. The Hall–Kier alpha value is -0.560. The number of halogens is 2. The number of nitriles is 1. The van der Waals surface area contributed by atoms with Crippen molar-refractivity contribution in [2.24, 2.45) is 5.92 Å². The third-order valence-corrected chi connectivity index (χ3v) is 5.57. The van der Waals surface area contributed by atoms with E-state index in [1.165, 1.54) is 0 Å². The summed E-state index contributed by atoms with van der Waals surface area (Å²) < 4.78 is 12.4. The number of benzene rings is 1. The lowest BCUT2D eigenvalue weighted by molar-refractivity contribution is 0.646. The van der Waals surface area contributed by atoms with Crippen molar-refractivity contribution in [2.45, 2.75) is 29.4 Å². The molecule has 0 radical (unpaired) electrons. The molecule has 0 saturated heterocycles. The molecule has 1 fully saturated rings. The maximum atomic E-state index is 12.4. The SMILES string of the molecule is N#CC1CCCC1S(=O)c1cc(Cl)ccc1Cl. The molecule has 3 unspecified atom stereocenters. The Labute approximate surface area is 113 Å². The van der Waals surface area contributed by atoms with Crippen LogP contribution in [0.5, 0.6) is 0 Å². The first-order chi connectivity index (χ1) is 8.13. The summed E-state index contributed by atoms with van der Waals surface area (Å²) in [5, 5.41) is 9.87. The minimum Gasteiger partial charge on any atom is -0.254 e. The molecule has 0 aliphatic heterocycles. The Morgan fingerprint density at radius 3 is 2.82 bits per heavy atom. The first-order valence-electron chi connectivity index (χ1n) is 5.38. The number of hydrogen-bond donors (Lipinski definition) is 0. The minimum atomic E-state index is -1.25. The summed E-state index contributed by atoms with van der Waals surface area (Å²) in [5.41, 5.74) is 0. The fourth-order valence-electron chi connectivity index (χ4n) is 2.12. The quantitative estimate of drug-likeness (QED) is 0.830. The van der Waals surface area contributed by atoms with Gasteiger partial charge in [-0.3, -0.25) is 4.21 Å². The van der Waals surface area contributed by atoms with Crippen LogP contribution >= 0.6 is 23.2 Å². The molecule has 5 heteroatoms. The normalized spacial score (nSPS) is 25.5. The monoisotopic (exact) mass is 287 g/mol. The van der Waals surface area contributed by atoms with E-state index in [9.17, 15) is 4.21 Å². The summed E-state index contributed by atoms with van der Waals surface area (Å²) in [6, 6.07) is 7.18. The summed E-state index contributed by atoms with van der Waals surface area (Å²) >= 11 is 11.9. The van der Waals surface area contributed by atoms with Gasteiger partial charge in [0, 0.05) is 5.02 Å². The molecule has 17 heavy (non-hydrogen) atoms. The van der Waals surface area contributed by atoms with Gasteiger partial charge < -0.3 is 0 Å². The predicted molar refractivity (Wildman–Crippen MR) is 69.6 cm³/mol. The summed E-state index contributed by atoms with van der Waals surface area (Å²) in [7, 11) is -1.25. The first kappa shape index (κ1) is 12.9. The van der Waals surface area contributed by atoms with E-state index in [1.807, 2.05) is 0 Å². The molecule has 0 bridgehead atoms. The molecule has 90 valence electrons. The van der Waals surface area contributed by atoms with Crippen molar-refractivity contribution < 1.29 is 4.21 Å². The topological polar surface area (TPSA) is 40.9 Å². The molecule has 1 aliphatic rings. The Bertz CT molecular complexity index is 498. The molecule has 1 aromatic rings. The molecule has 0 spiro atoms. The summed E-state index contributed by atoms with van der Waals surface area (Å²) in [6.07, 6.45) is 2.59. The maximum Gasteiger partial charge on any atom is 0.0668 e. The molecular formula is C12H11Cl2NOS. The molecule has 2 nitrogen and oxygen atoms in total. The molecule has 1 aliphatic carbocycles. The molecule has 3 atom stereocenters. The van der Waals surface area contributed by atoms with Crippen molar-refractivity contribution in [2.75, 3.05) is 0 Å². The van der Waals surface area contributed by atoms with E-state index in [2.05, 4.69) is 6.07 Å². The van der Waals surface area contributed by atoms with Gasteiger partial charge in [0.05, 0.1) is 38.0 Å². The van der Waals surface area contributed by atoms with Gasteiger partial charge >= 0.3 is 0 Å². The number of rotatable bonds is 2. The van der Waals surface area contributed by atoms with Crippen LogP contribution in [0.1, 0.15) is 19.3 Å². The van der Waals surface area contributed by atoms with Crippen LogP contribution in [-0.2, 0) is 10.8 Å². The Morgan fingerprint density at radius 1 is 1.35 bits per heavy atom. The van der Waals surface area contributed by atoms with Gasteiger partial charge in [0.2, 0.25) is 0 Å². The smallest absolute Gasteiger partial charge is 0.0668 e. The van der Waals surface area contributed by atoms with Crippen LogP contribution in [0.25, 0.3) is 0 Å². The van der Waals surface area contributed by atoms with Gasteiger partial charge in [-0.25, -0.2) is 0 Å². The highest BCUT2D eigenvalue weighted by Crippen LogP contribution is 2.34. The molecule has 1 aromatic carbocycles. The van der Waals surface area contributed by atoms with Crippen molar-refractivity contribution in [3.05, 3.63) is 28.2 Å². The molecule has 0 N–H and O–H groups in total. The third kappa shape index (κ3) is 2.65. The van der Waals surface area contributed by atoms with E-state index in [0.717, 1.165) is 19.3 Å². The number of nitrogens with zero attached hydrogens (tertiary/aromatic N) is 1. The molecule has 2 rings (SSSR count). The van der Waals surface area contributed by atoms with Gasteiger partial charge in [-0.1, -0.05) is 29.6 Å². The highest BCUT2D eigenvalue weighted by Gasteiger charge is 2.33. The van der Waals surface area contributed by atoms with Crippen LogP contribution in [0.15, 0.2) is 23.1 Å². The van der Waals surface area contributed by atoms with Crippen LogP contribution in [0.4, 0.5) is 0 Å². The van der Waals surface area contributed by atoms with Gasteiger partial charge in [-0.2, -0.15) is 5.26 Å². The number of hydrogen-bond acceptors (Lipinski definition) is 2. The molecular weight excluding hydrogens is 277 g/mol. The van der Waals surface area contributed by atoms with E-state index >= 15 is 0 Å². The predicted octanol–water partition coefficient (Wildman–Crippen LogP) is 3.79. The van der Waals surface area contributed by atoms with Gasteiger partial charge in [0.15, 0.2) is 0 Å². The van der Waals surface area contributed by atoms with Crippen LogP contribution in [0.2, 0.25) is 10.0 Å². The summed E-state index contributed by atoms with van der Waals surface area (Å²) in [5.74, 6) is -0.133. The lowest BCUT2D eigenvalue weighted by Gasteiger charge is -2.14. The highest BCUT2D eigenvalue weighted by molar-refractivity contribution is 7.85. The van der Waals surface area contributed by atoms with E-state index in [1.54, 1.807) is 18.2 Å². The van der Waals surface area contributed by atoms with E-state index in [0.29, 0.717) is 14.9 Å². The second-order valence-corrected chi connectivity index (χ2v) is 6.56. The van der Waals surface area contributed by atoms with Gasteiger partial charge in [0.1, 0.15) is 0 Å². The van der Waals surface area contributed by atoms with Crippen molar-refractivity contribution in [1.29, 1.82) is 5.26 Å². The lowest BCUT2D eigenvalue weighted by atomic mass is 10.1. The Morgan fingerprint density at radius 2 is 2.12 bits per heavy atom. The van der Waals surface area contributed by atoms with Crippen LogP contribution < -0.4 is 0 Å². The van der Waals surface area contributed by atoms with Gasteiger partial charge in [-0.05, 0) is 31.0 Å². The van der Waals surface area contributed by atoms with Crippen molar-refractivity contribution >= 4 is 34.0 Å². The van der Waals surface area contributed by atoms with E-state index in [4.69, 9.17) is 28.5 Å². The fourth-order valence-corrected chi connectivity index (χ4v) is 4.41. The fraction of sp³-hybridized carbons (Fsp3) is 0.417. The third-order valence-electron chi connectivity index (χ3n) is 3.00. The Kier molecular flexibility index (Phi) is 4.09. The van der Waals surface area contributed by atoms with Gasteiger partial charge in [-0.15, -0.1) is 0 Å². The summed E-state index contributed by atoms with van der Waals surface area (Å²) in [4.78, 5) is 0.548. The van der Waals surface area contributed by atoms with E-state index in [-0.39, 0.29) is 11.2 Å². The minimum absolute atomic E-state index is 0.115. The van der Waals surface area contributed by atoms with Crippen LogP contribution in [0.3, 0.4) is 0 Å². The lowest BCUT2D eigenvalue weighted by Crippen LogP contribution is -2.19. The van der Waals surface area contributed by atoms with Crippen molar-refractivity contribution in [3.63, 3.8) is 0 Å². The largest absolute Gasteiger partial charge is 0.254 e. The zero-order valence-corrected chi connectivity index (χ0v) is 11.4. The standard InChI is InChI=1S/C12H11Cl2NOS/c13-9-4-5-10(14)12(6-9)17(16)11-3-1-2-8(11)7-15/h4-6,8,11H,1-3H2.